The summed E-state index contributed by atoms with van der Waals surface area (Å²) < 4.78 is 7.19. The summed E-state index contributed by atoms with van der Waals surface area (Å²) in [7, 11) is 0. The predicted octanol–water partition coefficient (Wildman–Crippen LogP) is 22.5. The lowest BCUT2D eigenvalue weighted by atomic mass is 9.90. The zero-order valence-electron chi connectivity index (χ0n) is 48.9. The highest BCUT2D eigenvalue weighted by Gasteiger charge is 2.18. The summed E-state index contributed by atoms with van der Waals surface area (Å²) in [6.45, 7) is 11.0. The van der Waals surface area contributed by atoms with E-state index >= 15 is 0 Å². The molecule has 16 aromatic rings. The van der Waals surface area contributed by atoms with Crippen LogP contribution in [0.3, 0.4) is 0 Å². The van der Waals surface area contributed by atoms with Crippen molar-refractivity contribution >= 4 is 65.4 Å². The highest BCUT2D eigenvalue weighted by Crippen LogP contribution is 2.41. The van der Waals surface area contributed by atoms with Gasteiger partial charge >= 0.3 is 0 Å². The lowest BCUT2D eigenvalue weighted by Gasteiger charge is -2.15. The van der Waals surface area contributed by atoms with Crippen LogP contribution in [-0.2, 0) is 0 Å². The van der Waals surface area contributed by atoms with Crippen molar-refractivity contribution in [1.29, 1.82) is 0 Å². The first-order valence-electron chi connectivity index (χ1n) is 29.9. The van der Waals surface area contributed by atoms with Gasteiger partial charge in [-0.2, -0.15) is 0 Å². The van der Waals surface area contributed by atoms with Crippen LogP contribution in [0.1, 0.15) is 27.8 Å². The number of fused-ring (bicyclic) bond motifs is 9. The maximum atomic E-state index is 2.41. The molecule has 3 aromatic heterocycles. The van der Waals surface area contributed by atoms with E-state index in [9.17, 15) is 0 Å². The van der Waals surface area contributed by atoms with Gasteiger partial charge in [-0.1, -0.05) is 186 Å². The van der Waals surface area contributed by atoms with Gasteiger partial charge in [-0.3, -0.25) is 0 Å². The first-order chi connectivity index (χ1) is 42.1. The van der Waals surface area contributed by atoms with E-state index in [1.54, 1.807) is 0 Å². The number of para-hydroxylation sites is 2. The van der Waals surface area contributed by atoms with Crippen LogP contribution in [0, 0.1) is 34.6 Å². The molecule has 0 amide bonds. The first kappa shape index (κ1) is 50.9. The summed E-state index contributed by atoms with van der Waals surface area (Å²) in [5.74, 6) is 0. The Labute approximate surface area is 501 Å². The standard InChI is InChI=1S/C83H61N3/c1-52-14-40-80-74(44-52)75-45-53(2)15-41-81(75)85(80)69-35-28-60(29-36-69)58-20-24-63(25-21-58)66-49-65(62-22-18-57(19-23-62)59-26-33-68(34-27-59)84-78-12-8-6-10-72(78)73-11-7-9-13-79(73)84)50-67(51-66)71-39-32-64(48-56(71)5)61-30-37-70(38-31-61)86-82-42-16-54(3)46-76(82)77-47-55(4)17-43-83(77)86/h6-51H,1-5H3. The Balaban J connectivity index is 0.733. The van der Waals surface area contributed by atoms with Crippen molar-refractivity contribution in [2.45, 2.75) is 34.6 Å². The first-order valence-corrected chi connectivity index (χ1v) is 29.9. The lowest BCUT2D eigenvalue weighted by Crippen LogP contribution is -1.94. The quantitative estimate of drug-likeness (QED) is 0.137. The van der Waals surface area contributed by atoms with Gasteiger partial charge in [-0.15, -0.1) is 0 Å². The van der Waals surface area contributed by atoms with Crippen LogP contribution in [0.15, 0.2) is 279 Å². The number of aryl methyl sites for hydroxylation is 5. The van der Waals surface area contributed by atoms with Crippen molar-refractivity contribution in [2.24, 2.45) is 0 Å². The van der Waals surface area contributed by atoms with E-state index in [4.69, 9.17) is 0 Å². The molecule has 0 aliphatic heterocycles. The molecule has 0 aliphatic rings. The molecule has 0 atom stereocenters. The highest BCUT2D eigenvalue weighted by molar-refractivity contribution is 6.12. The fourth-order valence-electron chi connectivity index (χ4n) is 13.7. The molecule has 408 valence electrons. The zero-order valence-corrected chi connectivity index (χ0v) is 48.9. The minimum Gasteiger partial charge on any atom is -0.309 e. The molecule has 0 spiro atoms. The van der Waals surface area contributed by atoms with Crippen molar-refractivity contribution < 1.29 is 0 Å². The number of benzene rings is 13. The second-order valence-corrected chi connectivity index (χ2v) is 23.7. The lowest BCUT2D eigenvalue weighted by molar-refractivity contribution is 1.18. The van der Waals surface area contributed by atoms with Gasteiger partial charge in [0.05, 0.1) is 33.1 Å². The van der Waals surface area contributed by atoms with Crippen molar-refractivity contribution in [3.63, 3.8) is 0 Å². The van der Waals surface area contributed by atoms with Crippen molar-refractivity contribution in [3.8, 4) is 83.8 Å². The Morgan fingerprint density at radius 1 is 0.186 bits per heavy atom. The second kappa shape index (κ2) is 20.3. The molecule has 0 saturated carbocycles. The summed E-state index contributed by atoms with van der Waals surface area (Å²) in [6, 6.07) is 104. The minimum atomic E-state index is 1.15. The van der Waals surface area contributed by atoms with E-state index in [1.807, 2.05) is 0 Å². The third kappa shape index (κ3) is 8.65. The molecule has 3 nitrogen and oxygen atoms in total. The fourth-order valence-corrected chi connectivity index (χ4v) is 13.7. The monoisotopic (exact) mass is 1100 g/mol. The summed E-state index contributed by atoms with van der Waals surface area (Å²) >= 11 is 0. The van der Waals surface area contributed by atoms with Gasteiger partial charge in [0, 0.05) is 49.4 Å². The van der Waals surface area contributed by atoms with Crippen LogP contribution < -0.4 is 0 Å². The van der Waals surface area contributed by atoms with Crippen LogP contribution >= 0.6 is 0 Å². The van der Waals surface area contributed by atoms with Gasteiger partial charge in [0.25, 0.3) is 0 Å². The minimum absolute atomic E-state index is 1.15. The van der Waals surface area contributed by atoms with Crippen molar-refractivity contribution in [3.05, 3.63) is 307 Å². The Morgan fingerprint density at radius 2 is 0.453 bits per heavy atom. The molecule has 86 heavy (non-hydrogen) atoms. The third-order valence-corrected chi connectivity index (χ3v) is 18.0. The molecule has 16 rings (SSSR count). The Kier molecular flexibility index (Phi) is 12.0. The molecule has 13 aromatic carbocycles. The predicted molar refractivity (Wildman–Crippen MR) is 366 cm³/mol. The van der Waals surface area contributed by atoms with Gasteiger partial charge < -0.3 is 13.7 Å². The van der Waals surface area contributed by atoms with Crippen LogP contribution in [0.5, 0.6) is 0 Å². The Morgan fingerprint density at radius 3 is 0.791 bits per heavy atom. The fraction of sp³-hybridized carbons (Fsp3) is 0.0602. The average molecular weight is 1100 g/mol. The summed E-state index contributed by atoms with van der Waals surface area (Å²) in [5, 5.41) is 7.71. The molecule has 0 radical (unpaired) electrons. The second-order valence-electron chi connectivity index (χ2n) is 23.7. The zero-order chi connectivity index (χ0) is 57.7. The van der Waals surface area contributed by atoms with Gasteiger partial charge in [-0.05, 0) is 222 Å². The maximum Gasteiger partial charge on any atom is 0.0541 e. The van der Waals surface area contributed by atoms with E-state index in [0.29, 0.717) is 0 Å². The number of rotatable bonds is 9. The molecule has 3 heteroatoms. The largest absolute Gasteiger partial charge is 0.309 e. The average Bonchev–Trinajstić information content (AvgIpc) is 2.21. The number of hydrogen-bond acceptors (Lipinski definition) is 0. The highest BCUT2D eigenvalue weighted by atomic mass is 15.0. The number of hydrogen-bond donors (Lipinski definition) is 0. The van der Waals surface area contributed by atoms with Crippen molar-refractivity contribution in [2.75, 3.05) is 0 Å². The van der Waals surface area contributed by atoms with Crippen LogP contribution in [0.4, 0.5) is 0 Å². The van der Waals surface area contributed by atoms with Crippen LogP contribution in [-0.4, -0.2) is 13.7 Å². The number of nitrogens with zero attached hydrogens (tertiary/aromatic N) is 3. The normalized spacial score (nSPS) is 11.8. The third-order valence-electron chi connectivity index (χ3n) is 18.0. The van der Waals surface area contributed by atoms with E-state index < -0.39 is 0 Å². The van der Waals surface area contributed by atoms with Crippen molar-refractivity contribution in [1.82, 2.24) is 13.7 Å². The van der Waals surface area contributed by atoms with E-state index in [0.717, 1.165) is 17.1 Å². The molecular formula is C83H61N3. The smallest absolute Gasteiger partial charge is 0.0541 e. The molecule has 0 fully saturated rings. The molecule has 0 bridgehead atoms. The van der Waals surface area contributed by atoms with Gasteiger partial charge in [0.15, 0.2) is 0 Å². The molecule has 0 unspecified atom stereocenters. The molecule has 0 aliphatic carbocycles. The summed E-state index contributed by atoms with van der Waals surface area (Å²) in [5.41, 5.74) is 31.4. The van der Waals surface area contributed by atoms with E-state index in [1.165, 1.54) is 160 Å². The Bertz CT molecular complexity index is 5170. The topological polar surface area (TPSA) is 14.8 Å². The van der Waals surface area contributed by atoms with E-state index in [-0.39, 0.29) is 0 Å². The SMILES string of the molecule is Cc1ccc2c(c1)c1cc(C)ccc1n2-c1ccc(-c2ccc(-c3cc(-c4ccc(-c5ccc(-n6c7ccccc7c7ccccc76)cc5)cc4)cc(-c4ccc(-c5ccc(-n6c7ccc(C)cc7c7cc(C)ccc76)cc5)cc4C)c3)cc2)cc1. The van der Waals surface area contributed by atoms with Gasteiger partial charge in [-0.25, -0.2) is 0 Å². The van der Waals surface area contributed by atoms with Gasteiger partial charge in [0.1, 0.15) is 0 Å². The van der Waals surface area contributed by atoms with E-state index in [2.05, 4.69) is 327 Å². The molecule has 0 saturated heterocycles. The maximum absolute atomic E-state index is 2.41. The Hall–Kier alpha value is -10.7. The molecule has 0 N–H and O–H groups in total. The number of aromatic nitrogens is 3. The summed E-state index contributed by atoms with van der Waals surface area (Å²) in [4.78, 5) is 0. The van der Waals surface area contributed by atoms with Crippen LogP contribution in [0.25, 0.3) is 149 Å². The molecule has 3 heterocycles. The van der Waals surface area contributed by atoms with Gasteiger partial charge in [0.2, 0.25) is 0 Å². The summed E-state index contributed by atoms with van der Waals surface area (Å²) in [6.07, 6.45) is 0. The van der Waals surface area contributed by atoms with Crippen LogP contribution in [0.2, 0.25) is 0 Å². The molecular weight excluding hydrogens is 1040 g/mol.